The molecule has 1 aromatic heterocycles. The summed E-state index contributed by atoms with van der Waals surface area (Å²) in [7, 11) is 3.54. The Morgan fingerprint density at radius 3 is 2.71 bits per heavy atom. The molecule has 1 aliphatic heterocycles. The van der Waals surface area contributed by atoms with Gasteiger partial charge in [-0.1, -0.05) is 12.1 Å². The van der Waals surface area contributed by atoms with Crippen LogP contribution in [0, 0.1) is 5.82 Å². The van der Waals surface area contributed by atoms with Crippen molar-refractivity contribution in [3.63, 3.8) is 0 Å². The number of hydrogen-bond acceptors (Lipinski definition) is 5. The fraction of sp³-hybridized carbons (Fsp3) is 0.381. The molecule has 3 aromatic rings. The molecule has 1 fully saturated rings. The molecule has 0 bridgehead atoms. The van der Waals surface area contributed by atoms with Gasteiger partial charge in [-0.25, -0.2) is 9.37 Å². The molecule has 1 saturated heterocycles. The summed E-state index contributed by atoms with van der Waals surface area (Å²) in [4.78, 5) is 10.1. The summed E-state index contributed by atoms with van der Waals surface area (Å²) in [5.74, 6) is -0.344. The highest BCUT2D eigenvalue weighted by atomic mass is 19.1. The quantitative estimate of drug-likeness (QED) is 0.702. The zero-order valence-corrected chi connectivity index (χ0v) is 16.0. The molecule has 1 atom stereocenters. The minimum absolute atomic E-state index is 0.0110. The van der Waals surface area contributed by atoms with Crippen molar-refractivity contribution in [2.45, 2.75) is 25.0 Å². The summed E-state index contributed by atoms with van der Waals surface area (Å²) in [5, 5.41) is 10.4. The standard InChI is InChI=1S/C21H24FN3O3/c1-25-9-7-13(8-10-25)28-20(15-11-14(27-2)12-16(22)19(15)26)21-23-17-5-3-4-6-18(17)24-21/h3-6,11-13,20,26H,7-10H2,1-2H3,(H,23,24). The molecule has 4 rings (SSSR count). The smallest absolute Gasteiger partial charge is 0.168 e. The molecule has 2 N–H and O–H groups in total. The number of ether oxygens (including phenoxy) is 2. The van der Waals surface area contributed by atoms with Crippen LogP contribution in [-0.4, -0.2) is 53.3 Å². The first kappa shape index (κ1) is 18.7. The molecule has 28 heavy (non-hydrogen) atoms. The number of hydrogen-bond donors (Lipinski definition) is 2. The molecular formula is C21H24FN3O3. The Labute approximate surface area is 162 Å². The lowest BCUT2D eigenvalue weighted by Crippen LogP contribution is -2.35. The summed E-state index contributed by atoms with van der Waals surface area (Å²) in [6.07, 6.45) is 0.981. The second kappa shape index (κ2) is 7.77. The van der Waals surface area contributed by atoms with Crippen LogP contribution in [0.25, 0.3) is 11.0 Å². The molecule has 7 heteroatoms. The minimum Gasteiger partial charge on any atom is -0.505 e. The molecule has 148 valence electrons. The first-order valence-corrected chi connectivity index (χ1v) is 9.40. The van der Waals surface area contributed by atoms with Gasteiger partial charge in [0.2, 0.25) is 0 Å². The maximum atomic E-state index is 14.3. The zero-order valence-electron chi connectivity index (χ0n) is 16.0. The minimum atomic E-state index is -0.748. The number of aromatic nitrogens is 2. The lowest BCUT2D eigenvalue weighted by Gasteiger charge is -2.31. The van der Waals surface area contributed by atoms with E-state index in [1.165, 1.54) is 7.11 Å². The number of likely N-dealkylation sites (tertiary alicyclic amines) is 1. The average Bonchev–Trinajstić information content (AvgIpc) is 3.13. The van der Waals surface area contributed by atoms with Crippen LogP contribution in [0.4, 0.5) is 4.39 Å². The van der Waals surface area contributed by atoms with Crippen molar-refractivity contribution >= 4 is 11.0 Å². The molecule has 0 aliphatic carbocycles. The van der Waals surface area contributed by atoms with Gasteiger partial charge >= 0.3 is 0 Å². The number of halogens is 1. The summed E-state index contributed by atoms with van der Waals surface area (Å²) in [5.41, 5.74) is 1.95. The molecule has 0 spiro atoms. The number of phenols is 1. The number of aromatic hydroxyl groups is 1. The SMILES string of the molecule is COc1cc(F)c(O)c(C(OC2CCN(C)CC2)c2nc3ccccc3[nH]2)c1. The highest BCUT2D eigenvalue weighted by molar-refractivity contribution is 5.75. The lowest BCUT2D eigenvalue weighted by molar-refractivity contribution is -0.0273. The van der Waals surface area contributed by atoms with E-state index in [9.17, 15) is 9.50 Å². The van der Waals surface area contributed by atoms with Gasteiger partial charge in [0.05, 0.1) is 24.2 Å². The monoisotopic (exact) mass is 385 g/mol. The maximum Gasteiger partial charge on any atom is 0.168 e. The summed E-state index contributed by atoms with van der Waals surface area (Å²) >= 11 is 0. The predicted molar refractivity (Wildman–Crippen MR) is 104 cm³/mol. The second-order valence-corrected chi connectivity index (χ2v) is 7.21. The topological polar surface area (TPSA) is 70.6 Å². The summed E-state index contributed by atoms with van der Waals surface area (Å²) in [6, 6.07) is 10.4. The van der Waals surface area contributed by atoms with Crippen LogP contribution in [0.15, 0.2) is 36.4 Å². The number of nitrogens with zero attached hydrogens (tertiary/aromatic N) is 2. The van der Waals surface area contributed by atoms with E-state index < -0.39 is 17.7 Å². The number of rotatable bonds is 5. The van der Waals surface area contributed by atoms with Crippen LogP contribution in [0.5, 0.6) is 11.5 Å². The van der Waals surface area contributed by atoms with Crippen molar-refractivity contribution in [3.05, 3.63) is 53.6 Å². The number of H-pyrrole nitrogens is 1. The van der Waals surface area contributed by atoms with Crippen molar-refractivity contribution in [1.29, 1.82) is 0 Å². The molecule has 1 aliphatic rings. The zero-order chi connectivity index (χ0) is 19.7. The summed E-state index contributed by atoms with van der Waals surface area (Å²) in [6.45, 7) is 1.85. The first-order valence-electron chi connectivity index (χ1n) is 9.40. The molecule has 0 saturated carbocycles. The third kappa shape index (κ3) is 3.68. The average molecular weight is 385 g/mol. The number of benzene rings is 2. The molecule has 2 aromatic carbocycles. The molecule has 6 nitrogen and oxygen atoms in total. The highest BCUT2D eigenvalue weighted by Gasteiger charge is 2.29. The van der Waals surface area contributed by atoms with Gasteiger partial charge < -0.3 is 24.5 Å². The van der Waals surface area contributed by atoms with E-state index in [1.807, 2.05) is 24.3 Å². The Morgan fingerprint density at radius 2 is 2.00 bits per heavy atom. The van der Waals surface area contributed by atoms with E-state index in [0.29, 0.717) is 17.1 Å². The van der Waals surface area contributed by atoms with E-state index in [4.69, 9.17) is 9.47 Å². The second-order valence-electron chi connectivity index (χ2n) is 7.21. The van der Waals surface area contributed by atoms with Gasteiger partial charge in [-0.15, -0.1) is 0 Å². The number of methoxy groups -OCH3 is 1. The first-order chi connectivity index (χ1) is 13.5. The molecule has 0 amide bonds. The molecular weight excluding hydrogens is 361 g/mol. The van der Waals surface area contributed by atoms with Crippen molar-refractivity contribution in [3.8, 4) is 11.5 Å². The number of imidazole rings is 1. The molecule has 1 unspecified atom stereocenters. The Balaban J connectivity index is 1.76. The van der Waals surface area contributed by atoms with Gasteiger partial charge in [-0.2, -0.15) is 0 Å². The highest BCUT2D eigenvalue weighted by Crippen LogP contribution is 2.38. The fourth-order valence-electron chi connectivity index (χ4n) is 3.61. The van der Waals surface area contributed by atoms with Gasteiger partial charge in [0, 0.05) is 24.7 Å². The number of fused-ring (bicyclic) bond motifs is 1. The van der Waals surface area contributed by atoms with Gasteiger partial charge in [0.15, 0.2) is 11.6 Å². The third-order valence-corrected chi connectivity index (χ3v) is 5.23. The van der Waals surface area contributed by atoms with Crippen molar-refractivity contribution in [1.82, 2.24) is 14.9 Å². The number of aromatic amines is 1. The Kier molecular flexibility index (Phi) is 5.19. The van der Waals surface area contributed by atoms with Crippen LogP contribution in [-0.2, 0) is 4.74 Å². The van der Waals surface area contributed by atoms with Crippen molar-refractivity contribution < 1.29 is 19.0 Å². The van der Waals surface area contributed by atoms with E-state index in [0.717, 1.165) is 43.0 Å². The third-order valence-electron chi connectivity index (χ3n) is 5.23. The number of phenolic OH excluding ortho intramolecular Hbond substituents is 1. The van der Waals surface area contributed by atoms with E-state index in [1.54, 1.807) is 6.07 Å². The van der Waals surface area contributed by atoms with E-state index in [-0.39, 0.29) is 6.10 Å². The predicted octanol–water partition coefficient (Wildman–Crippen LogP) is 3.62. The summed E-state index contributed by atoms with van der Waals surface area (Å²) < 4.78 is 25.9. The largest absolute Gasteiger partial charge is 0.505 e. The number of nitrogens with one attached hydrogen (secondary N) is 1. The molecule has 0 radical (unpaired) electrons. The number of piperidine rings is 1. The van der Waals surface area contributed by atoms with E-state index in [2.05, 4.69) is 21.9 Å². The van der Waals surface area contributed by atoms with Crippen LogP contribution < -0.4 is 4.74 Å². The maximum absolute atomic E-state index is 14.3. The fourth-order valence-corrected chi connectivity index (χ4v) is 3.61. The van der Waals surface area contributed by atoms with Gasteiger partial charge in [-0.05, 0) is 38.1 Å². The van der Waals surface area contributed by atoms with Gasteiger partial charge in [-0.3, -0.25) is 0 Å². The van der Waals surface area contributed by atoms with Crippen molar-refractivity contribution in [2.75, 3.05) is 27.2 Å². The Morgan fingerprint density at radius 1 is 1.25 bits per heavy atom. The van der Waals surface area contributed by atoms with Crippen LogP contribution in [0.3, 0.4) is 0 Å². The van der Waals surface area contributed by atoms with Crippen LogP contribution >= 0.6 is 0 Å². The lowest BCUT2D eigenvalue weighted by atomic mass is 10.0. The molecule has 2 heterocycles. The van der Waals surface area contributed by atoms with Crippen molar-refractivity contribution in [2.24, 2.45) is 0 Å². The van der Waals surface area contributed by atoms with Crippen LogP contribution in [0.2, 0.25) is 0 Å². The normalized spacial score (nSPS) is 17.1. The number of para-hydroxylation sites is 2. The van der Waals surface area contributed by atoms with Gasteiger partial charge in [0.1, 0.15) is 17.7 Å². The van der Waals surface area contributed by atoms with Crippen LogP contribution in [0.1, 0.15) is 30.3 Å². The Bertz CT molecular complexity index is 934. The van der Waals surface area contributed by atoms with Gasteiger partial charge in [0.25, 0.3) is 0 Å². The Hall–Kier alpha value is -2.64. The van der Waals surface area contributed by atoms with E-state index >= 15 is 0 Å².